The lowest BCUT2D eigenvalue weighted by atomic mass is 10.1. The van der Waals surface area contributed by atoms with E-state index in [1.54, 1.807) is 19.2 Å². The van der Waals surface area contributed by atoms with E-state index in [1.807, 2.05) is 6.26 Å². The quantitative estimate of drug-likeness (QED) is 0.806. The number of hydrogen-bond acceptors (Lipinski definition) is 3. The van der Waals surface area contributed by atoms with Gasteiger partial charge < -0.3 is 10.5 Å². The van der Waals surface area contributed by atoms with Crippen LogP contribution >= 0.6 is 11.8 Å². The Morgan fingerprint density at radius 1 is 1.47 bits per heavy atom. The molecule has 0 spiro atoms. The summed E-state index contributed by atoms with van der Waals surface area (Å²) in [5.41, 5.74) is 6.18. The van der Waals surface area contributed by atoms with Crippen molar-refractivity contribution in [1.82, 2.24) is 0 Å². The van der Waals surface area contributed by atoms with Gasteiger partial charge in [-0.3, -0.25) is 0 Å². The maximum Gasteiger partial charge on any atom is 0.145 e. The molecule has 0 heterocycles. The highest BCUT2D eigenvalue weighted by Gasteiger charge is 2.42. The Kier molecular flexibility index (Phi) is 2.64. The SMILES string of the molecule is COc1ccc(C2(N)CC2)c(F)c1SC. The molecule has 0 atom stereocenters. The summed E-state index contributed by atoms with van der Waals surface area (Å²) >= 11 is 1.35. The van der Waals surface area contributed by atoms with Crippen LogP contribution in [0.2, 0.25) is 0 Å². The van der Waals surface area contributed by atoms with Gasteiger partial charge in [-0.2, -0.15) is 0 Å². The van der Waals surface area contributed by atoms with Crippen LogP contribution in [0.1, 0.15) is 18.4 Å². The molecule has 0 amide bonds. The van der Waals surface area contributed by atoms with Crippen LogP contribution in [0, 0.1) is 5.82 Å². The lowest BCUT2D eigenvalue weighted by Crippen LogP contribution is -2.20. The first kappa shape index (κ1) is 10.8. The lowest BCUT2D eigenvalue weighted by molar-refractivity contribution is 0.395. The van der Waals surface area contributed by atoms with E-state index in [4.69, 9.17) is 10.5 Å². The Hall–Kier alpha value is -0.740. The van der Waals surface area contributed by atoms with E-state index in [-0.39, 0.29) is 5.82 Å². The van der Waals surface area contributed by atoms with Gasteiger partial charge in [0, 0.05) is 11.1 Å². The second-order valence-electron chi connectivity index (χ2n) is 3.82. The molecule has 0 aromatic heterocycles. The zero-order valence-corrected chi connectivity index (χ0v) is 9.66. The van der Waals surface area contributed by atoms with Crippen molar-refractivity contribution in [2.24, 2.45) is 5.73 Å². The third-order valence-corrected chi connectivity index (χ3v) is 3.60. The molecule has 1 aliphatic rings. The number of methoxy groups -OCH3 is 1. The molecule has 0 saturated heterocycles. The van der Waals surface area contributed by atoms with Crippen molar-refractivity contribution in [3.05, 3.63) is 23.5 Å². The average molecular weight is 227 g/mol. The highest BCUT2D eigenvalue weighted by atomic mass is 32.2. The predicted octanol–water partition coefficient (Wildman–Crippen LogP) is 2.50. The van der Waals surface area contributed by atoms with Crippen LogP contribution < -0.4 is 10.5 Å². The van der Waals surface area contributed by atoms with Gasteiger partial charge in [-0.25, -0.2) is 4.39 Å². The van der Waals surface area contributed by atoms with Crippen molar-refractivity contribution < 1.29 is 9.13 Å². The molecule has 1 saturated carbocycles. The van der Waals surface area contributed by atoms with Crippen LogP contribution in [0.25, 0.3) is 0 Å². The first-order valence-electron chi connectivity index (χ1n) is 4.82. The average Bonchev–Trinajstić information content (AvgIpc) is 2.96. The molecule has 82 valence electrons. The Morgan fingerprint density at radius 3 is 2.60 bits per heavy atom. The number of rotatable bonds is 3. The minimum atomic E-state index is -0.430. The molecule has 15 heavy (non-hydrogen) atoms. The Balaban J connectivity index is 2.51. The molecule has 1 fully saturated rings. The van der Waals surface area contributed by atoms with E-state index in [0.29, 0.717) is 16.2 Å². The molecule has 1 aromatic rings. The van der Waals surface area contributed by atoms with Crippen molar-refractivity contribution in [3.63, 3.8) is 0 Å². The van der Waals surface area contributed by atoms with E-state index in [1.165, 1.54) is 11.8 Å². The van der Waals surface area contributed by atoms with Crippen molar-refractivity contribution in [2.75, 3.05) is 13.4 Å². The van der Waals surface area contributed by atoms with Gasteiger partial charge in [0.1, 0.15) is 11.6 Å². The summed E-state index contributed by atoms with van der Waals surface area (Å²) in [5.74, 6) is 0.356. The van der Waals surface area contributed by atoms with Gasteiger partial charge in [-0.15, -0.1) is 11.8 Å². The van der Waals surface area contributed by atoms with Gasteiger partial charge in [0.25, 0.3) is 0 Å². The molecular weight excluding hydrogens is 213 g/mol. The maximum absolute atomic E-state index is 14.1. The molecule has 0 unspecified atom stereocenters. The molecule has 0 aliphatic heterocycles. The summed E-state index contributed by atoms with van der Waals surface area (Å²) in [7, 11) is 1.55. The molecule has 1 aliphatic carbocycles. The van der Waals surface area contributed by atoms with Crippen LogP contribution in [0.5, 0.6) is 5.75 Å². The van der Waals surface area contributed by atoms with E-state index in [0.717, 1.165) is 12.8 Å². The first-order chi connectivity index (χ1) is 7.12. The summed E-state index contributed by atoms with van der Waals surface area (Å²) < 4.78 is 19.2. The predicted molar refractivity (Wildman–Crippen MR) is 59.8 cm³/mol. The third-order valence-electron chi connectivity index (χ3n) is 2.81. The molecule has 0 bridgehead atoms. The zero-order valence-electron chi connectivity index (χ0n) is 8.84. The molecule has 1 aromatic carbocycles. The summed E-state index contributed by atoms with van der Waals surface area (Å²) in [6.07, 6.45) is 3.56. The fourth-order valence-electron chi connectivity index (χ4n) is 1.68. The molecular formula is C11H14FNOS. The Labute approximate surface area is 93.0 Å². The molecule has 2 N–H and O–H groups in total. The van der Waals surface area contributed by atoms with Gasteiger partial charge in [-0.1, -0.05) is 6.07 Å². The van der Waals surface area contributed by atoms with Crippen LogP contribution in [0.4, 0.5) is 4.39 Å². The molecule has 2 nitrogen and oxygen atoms in total. The number of benzene rings is 1. The van der Waals surface area contributed by atoms with Gasteiger partial charge in [0.15, 0.2) is 0 Å². The van der Waals surface area contributed by atoms with E-state index >= 15 is 0 Å². The fourth-order valence-corrected chi connectivity index (χ4v) is 2.32. The van der Waals surface area contributed by atoms with E-state index in [2.05, 4.69) is 0 Å². The van der Waals surface area contributed by atoms with Gasteiger partial charge in [0.05, 0.1) is 12.0 Å². The van der Waals surface area contributed by atoms with Crippen molar-refractivity contribution in [2.45, 2.75) is 23.3 Å². The Bertz CT molecular complexity index is 390. The van der Waals surface area contributed by atoms with Crippen LogP contribution in [-0.2, 0) is 5.54 Å². The molecule has 2 rings (SSSR count). The topological polar surface area (TPSA) is 35.2 Å². The second-order valence-corrected chi connectivity index (χ2v) is 4.64. The normalized spacial score (nSPS) is 17.6. The minimum Gasteiger partial charge on any atom is -0.495 e. The maximum atomic E-state index is 14.1. The van der Waals surface area contributed by atoms with Gasteiger partial charge in [0.2, 0.25) is 0 Å². The number of halogens is 1. The van der Waals surface area contributed by atoms with Gasteiger partial charge in [-0.05, 0) is 25.2 Å². The number of thioether (sulfide) groups is 1. The van der Waals surface area contributed by atoms with Crippen molar-refractivity contribution in [3.8, 4) is 5.75 Å². The second kappa shape index (κ2) is 3.68. The highest BCUT2D eigenvalue weighted by molar-refractivity contribution is 7.98. The van der Waals surface area contributed by atoms with Crippen molar-refractivity contribution >= 4 is 11.8 Å². The number of nitrogens with two attached hydrogens (primary N) is 1. The lowest BCUT2D eigenvalue weighted by Gasteiger charge is -2.15. The number of ether oxygens (including phenoxy) is 1. The highest BCUT2D eigenvalue weighted by Crippen LogP contribution is 2.46. The van der Waals surface area contributed by atoms with Crippen LogP contribution in [0.3, 0.4) is 0 Å². The number of hydrogen-bond donors (Lipinski definition) is 1. The summed E-state index contributed by atoms with van der Waals surface area (Å²) in [5, 5.41) is 0. The fraction of sp³-hybridized carbons (Fsp3) is 0.455. The van der Waals surface area contributed by atoms with Crippen LogP contribution in [-0.4, -0.2) is 13.4 Å². The van der Waals surface area contributed by atoms with E-state index in [9.17, 15) is 4.39 Å². The largest absolute Gasteiger partial charge is 0.495 e. The summed E-state index contributed by atoms with van der Waals surface area (Å²) in [6.45, 7) is 0. The smallest absolute Gasteiger partial charge is 0.145 e. The summed E-state index contributed by atoms with van der Waals surface area (Å²) in [6, 6.07) is 3.53. The van der Waals surface area contributed by atoms with Gasteiger partial charge >= 0.3 is 0 Å². The van der Waals surface area contributed by atoms with E-state index < -0.39 is 5.54 Å². The summed E-state index contributed by atoms with van der Waals surface area (Å²) in [4.78, 5) is 0.548. The van der Waals surface area contributed by atoms with Crippen LogP contribution in [0.15, 0.2) is 17.0 Å². The van der Waals surface area contributed by atoms with Crippen molar-refractivity contribution in [1.29, 1.82) is 0 Å². The molecule has 0 radical (unpaired) electrons. The third kappa shape index (κ3) is 1.72. The standard InChI is InChI=1S/C11H14FNOS/c1-14-8-4-3-7(11(13)5-6-11)9(12)10(8)15-2/h3-4H,5-6,13H2,1-2H3. The zero-order chi connectivity index (χ0) is 11.1. The Morgan fingerprint density at radius 2 is 2.13 bits per heavy atom. The monoisotopic (exact) mass is 227 g/mol. The minimum absolute atomic E-state index is 0.221. The molecule has 4 heteroatoms. The first-order valence-corrected chi connectivity index (χ1v) is 6.04.